The lowest BCUT2D eigenvalue weighted by Crippen LogP contribution is -2.43. The van der Waals surface area contributed by atoms with Gasteiger partial charge in [-0.1, -0.05) is 42.8 Å². The summed E-state index contributed by atoms with van der Waals surface area (Å²) in [5.74, 6) is 0.796. The van der Waals surface area contributed by atoms with Gasteiger partial charge in [0.1, 0.15) is 17.1 Å². The second-order valence-electron chi connectivity index (χ2n) is 7.39. The first-order valence-electron chi connectivity index (χ1n) is 10.1. The number of aryl methyl sites for hydroxylation is 1. The number of amides is 1. The number of benzene rings is 2. The van der Waals surface area contributed by atoms with Crippen LogP contribution in [0.4, 0.5) is 5.69 Å². The number of fused-ring (bicyclic) bond motifs is 1. The molecule has 0 aliphatic carbocycles. The van der Waals surface area contributed by atoms with Crippen LogP contribution < -0.4 is 10.1 Å². The number of nitrogens with one attached hydrogen (secondary N) is 1. The lowest BCUT2D eigenvalue weighted by molar-refractivity contribution is 0.0683. The summed E-state index contributed by atoms with van der Waals surface area (Å²) in [4.78, 5) is 15.0. The molecule has 1 aromatic heterocycles. The van der Waals surface area contributed by atoms with Gasteiger partial charge in [-0.2, -0.15) is 5.10 Å². The summed E-state index contributed by atoms with van der Waals surface area (Å²) in [6, 6.07) is 15.4. The maximum Gasteiger partial charge on any atom is 0.257 e. The van der Waals surface area contributed by atoms with E-state index in [-0.39, 0.29) is 12.1 Å². The molecule has 1 aliphatic rings. The minimum atomic E-state index is -0.362. The van der Waals surface area contributed by atoms with Crippen LogP contribution in [0.2, 0.25) is 5.15 Å². The SMILES string of the molecule is CCCN1C(=O)c2ccccc2N[C@@H]1c1c(C)nn(Cc2cccc(OC)c2)c1Cl. The molecule has 7 heteroatoms. The van der Waals surface area contributed by atoms with Crippen LogP contribution in [0, 0.1) is 6.92 Å². The molecule has 4 rings (SSSR count). The second-order valence-corrected chi connectivity index (χ2v) is 7.75. The fourth-order valence-electron chi connectivity index (χ4n) is 3.92. The molecule has 156 valence electrons. The van der Waals surface area contributed by atoms with Crippen molar-refractivity contribution in [1.29, 1.82) is 0 Å². The van der Waals surface area contributed by atoms with Crippen LogP contribution in [0.1, 0.15) is 46.7 Å². The number of aromatic nitrogens is 2. The molecule has 2 aromatic carbocycles. The normalized spacial score (nSPS) is 15.7. The number of carbonyl (C=O) groups is 1. The van der Waals surface area contributed by atoms with Crippen molar-refractivity contribution >= 4 is 23.2 Å². The van der Waals surface area contributed by atoms with Crippen LogP contribution in [-0.4, -0.2) is 34.2 Å². The molecule has 1 amide bonds. The average Bonchev–Trinajstić information content (AvgIpc) is 3.03. The first-order valence-corrected chi connectivity index (χ1v) is 10.4. The Balaban J connectivity index is 1.71. The van der Waals surface area contributed by atoms with Gasteiger partial charge >= 0.3 is 0 Å². The van der Waals surface area contributed by atoms with Crippen LogP contribution in [-0.2, 0) is 6.54 Å². The van der Waals surface area contributed by atoms with Crippen molar-refractivity contribution in [3.05, 3.63) is 76.1 Å². The van der Waals surface area contributed by atoms with E-state index in [1.54, 1.807) is 11.8 Å². The summed E-state index contributed by atoms with van der Waals surface area (Å²) in [5, 5.41) is 8.71. The molecule has 1 aliphatic heterocycles. The van der Waals surface area contributed by atoms with Crippen molar-refractivity contribution in [1.82, 2.24) is 14.7 Å². The Morgan fingerprint density at radius 2 is 2.00 bits per heavy atom. The quantitative estimate of drug-likeness (QED) is 0.612. The Morgan fingerprint density at radius 1 is 1.20 bits per heavy atom. The van der Waals surface area contributed by atoms with E-state index in [4.69, 9.17) is 16.3 Å². The van der Waals surface area contributed by atoms with Gasteiger partial charge in [-0.05, 0) is 43.2 Å². The third kappa shape index (κ3) is 3.63. The molecule has 0 bridgehead atoms. The first-order chi connectivity index (χ1) is 14.5. The lowest BCUT2D eigenvalue weighted by Gasteiger charge is -2.38. The second kappa shape index (κ2) is 8.40. The number of hydrogen-bond donors (Lipinski definition) is 1. The van der Waals surface area contributed by atoms with Crippen molar-refractivity contribution in [3.8, 4) is 5.75 Å². The van der Waals surface area contributed by atoms with Crippen molar-refractivity contribution in [2.24, 2.45) is 0 Å². The van der Waals surface area contributed by atoms with Gasteiger partial charge in [-0.25, -0.2) is 4.68 Å². The van der Waals surface area contributed by atoms with E-state index in [9.17, 15) is 4.79 Å². The third-order valence-corrected chi connectivity index (χ3v) is 5.73. The minimum Gasteiger partial charge on any atom is -0.497 e. The fraction of sp³-hybridized carbons (Fsp3) is 0.304. The Labute approximate surface area is 181 Å². The highest BCUT2D eigenvalue weighted by molar-refractivity contribution is 6.30. The largest absolute Gasteiger partial charge is 0.497 e. The Morgan fingerprint density at radius 3 is 2.77 bits per heavy atom. The fourth-order valence-corrected chi connectivity index (χ4v) is 4.26. The van der Waals surface area contributed by atoms with Gasteiger partial charge < -0.3 is 15.0 Å². The summed E-state index contributed by atoms with van der Waals surface area (Å²) in [7, 11) is 1.65. The van der Waals surface area contributed by atoms with Gasteiger partial charge in [0, 0.05) is 12.2 Å². The predicted molar refractivity (Wildman–Crippen MR) is 118 cm³/mol. The van der Waals surface area contributed by atoms with E-state index in [0.29, 0.717) is 23.8 Å². The summed E-state index contributed by atoms with van der Waals surface area (Å²) >= 11 is 6.82. The summed E-state index contributed by atoms with van der Waals surface area (Å²) < 4.78 is 7.09. The monoisotopic (exact) mass is 424 g/mol. The van der Waals surface area contributed by atoms with Crippen LogP contribution >= 0.6 is 11.6 Å². The van der Waals surface area contributed by atoms with E-state index in [1.165, 1.54) is 0 Å². The maximum atomic E-state index is 13.2. The van der Waals surface area contributed by atoms with Crippen molar-refractivity contribution in [2.45, 2.75) is 33.0 Å². The van der Waals surface area contributed by atoms with E-state index in [0.717, 1.165) is 34.7 Å². The van der Waals surface area contributed by atoms with Crippen LogP contribution in [0.5, 0.6) is 5.75 Å². The molecule has 0 unspecified atom stereocenters. The van der Waals surface area contributed by atoms with Crippen LogP contribution in [0.3, 0.4) is 0 Å². The standard InChI is InChI=1S/C23H25ClN4O2/c1-4-12-27-22(25-19-11-6-5-10-18(19)23(27)29)20-15(2)26-28(21(20)24)14-16-8-7-9-17(13-16)30-3/h5-11,13,22,25H,4,12,14H2,1-3H3/t22-/m0/s1. The highest BCUT2D eigenvalue weighted by Gasteiger charge is 2.35. The molecule has 0 fully saturated rings. The van der Waals surface area contributed by atoms with E-state index in [1.807, 2.05) is 60.4 Å². The lowest BCUT2D eigenvalue weighted by atomic mass is 10.0. The van der Waals surface area contributed by atoms with Gasteiger partial charge in [-0.15, -0.1) is 0 Å². The van der Waals surface area contributed by atoms with E-state index < -0.39 is 0 Å². The summed E-state index contributed by atoms with van der Waals surface area (Å²) in [5.41, 5.74) is 4.16. The molecule has 1 N–H and O–H groups in total. The number of ether oxygens (including phenoxy) is 1. The summed E-state index contributed by atoms with van der Waals surface area (Å²) in [6.07, 6.45) is 0.486. The number of anilines is 1. The molecule has 1 atom stereocenters. The zero-order valence-corrected chi connectivity index (χ0v) is 18.1. The molecule has 6 nitrogen and oxygen atoms in total. The van der Waals surface area contributed by atoms with Crippen LogP contribution in [0.15, 0.2) is 48.5 Å². The topological polar surface area (TPSA) is 59.4 Å². The number of carbonyl (C=O) groups excluding carboxylic acids is 1. The Hall–Kier alpha value is -2.99. The van der Waals surface area contributed by atoms with Gasteiger partial charge in [0.2, 0.25) is 0 Å². The Bertz CT molecular complexity index is 1080. The van der Waals surface area contributed by atoms with Gasteiger partial charge in [0.15, 0.2) is 0 Å². The summed E-state index contributed by atoms with van der Waals surface area (Å²) in [6.45, 7) is 5.13. The molecule has 0 radical (unpaired) electrons. The molecular formula is C23H25ClN4O2. The number of para-hydroxylation sites is 1. The Kier molecular flexibility index (Phi) is 5.68. The highest BCUT2D eigenvalue weighted by atomic mass is 35.5. The molecule has 3 aromatic rings. The van der Waals surface area contributed by atoms with Gasteiger partial charge in [0.05, 0.1) is 30.5 Å². The van der Waals surface area contributed by atoms with Crippen LogP contribution in [0.25, 0.3) is 0 Å². The van der Waals surface area contributed by atoms with Gasteiger partial charge in [-0.3, -0.25) is 4.79 Å². The molecular weight excluding hydrogens is 400 g/mol. The molecule has 0 saturated carbocycles. The molecule has 0 spiro atoms. The minimum absolute atomic E-state index is 0.00668. The van der Waals surface area contributed by atoms with Crippen molar-refractivity contribution < 1.29 is 9.53 Å². The number of nitrogens with zero attached hydrogens (tertiary/aromatic N) is 3. The predicted octanol–water partition coefficient (Wildman–Crippen LogP) is 4.88. The van der Waals surface area contributed by atoms with E-state index in [2.05, 4.69) is 17.3 Å². The first kappa shape index (κ1) is 20.3. The van der Waals surface area contributed by atoms with E-state index >= 15 is 0 Å². The molecule has 30 heavy (non-hydrogen) atoms. The van der Waals surface area contributed by atoms with Crippen molar-refractivity contribution in [3.63, 3.8) is 0 Å². The number of halogens is 1. The highest BCUT2D eigenvalue weighted by Crippen LogP contribution is 2.37. The smallest absolute Gasteiger partial charge is 0.257 e. The zero-order valence-electron chi connectivity index (χ0n) is 17.4. The third-order valence-electron chi connectivity index (χ3n) is 5.34. The zero-order chi connectivity index (χ0) is 21.3. The maximum absolute atomic E-state index is 13.2. The molecule has 0 saturated heterocycles. The number of methoxy groups -OCH3 is 1. The number of rotatable bonds is 6. The van der Waals surface area contributed by atoms with Gasteiger partial charge in [0.25, 0.3) is 5.91 Å². The molecule has 2 heterocycles. The number of hydrogen-bond acceptors (Lipinski definition) is 4. The average molecular weight is 425 g/mol. The van der Waals surface area contributed by atoms with Crippen molar-refractivity contribution in [2.75, 3.05) is 19.0 Å².